The van der Waals surface area contributed by atoms with Gasteiger partial charge in [-0.1, -0.05) is 18.2 Å². The maximum atomic E-state index is 11.0. The van der Waals surface area contributed by atoms with E-state index in [0.717, 1.165) is 40.5 Å². The van der Waals surface area contributed by atoms with Crippen LogP contribution in [0, 0.1) is 6.92 Å². The number of thiophene rings is 1. The van der Waals surface area contributed by atoms with Crippen LogP contribution in [-0.4, -0.2) is 29.3 Å². The minimum atomic E-state index is -0.880. The summed E-state index contributed by atoms with van der Waals surface area (Å²) in [5, 5.41) is 11.0. The fraction of sp³-hybridized carbons (Fsp3) is 0.364. The van der Waals surface area contributed by atoms with Gasteiger partial charge in [0.05, 0.1) is 29.7 Å². The molecule has 2 heterocycles. The second-order valence-corrected chi connectivity index (χ2v) is 7.51. The van der Waals surface area contributed by atoms with Gasteiger partial charge in [-0.3, -0.25) is 4.79 Å². The molecule has 0 bridgehead atoms. The predicted molar refractivity (Wildman–Crippen MR) is 111 cm³/mol. The molecule has 0 saturated heterocycles. The maximum absolute atomic E-state index is 11.0. The van der Waals surface area contributed by atoms with Crippen LogP contribution in [0.5, 0.6) is 5.75 Å². The highest BCUT2D eigenvalue weighted by Gasteiger charge is 2.16. The predicted octanol–water partition coefficient (Wildman–Crippen LogP) is 5.28. The molecule has 3 aromatic rings. The van der Waals surface area contributed by atoms with Gasteiger partial charge in [0.25, 0.3) is 0 Å². The minimum absolute atomic E-state index is 0.0570. The lowest BCUT2D eigenvalue weighted by atomic mass is 10.1. The fourth-order valence-electron chi connectivity index (χ4n) is 3.01. The Balaban J connectivity index is 1.49. The summed E-state index contributed by atoms with van der Waals surface area (Å²) in [5.41, 5.74) is 1.79. The lowest BCUT2D eigenvalue weighted by molar-refractivity contribution is -0.140. The van der Waals surface area contributed by atoms with Crippen LogP contribution in [0.3, 0.4) is 0 Å². The van der Waals surface area contributed by atoms with Gasteiger partial charge in [0.1, 0.15) is 11.5 Å². The molecule has 0 saturated carbocycles. The van der Waals surface area contributed by atoms with Crippen LogP contribution in [0.4, 0.5) is 0 Å². The number of hydrogen-bond acceptors (Lipinski definition) is 6. The number of ether oxygens (including phenoxy) is 2. The fourth-order valence-corrected chi connectivity index (χ4v) is 3.66. The van der Waals surface area contributed by atoms with Crippen molar-refractivity contribution in [3.8, 4) is 16.5 Å². The number of carboxylic acids is 1. The summed E-state index contributed by atoms with van der Waals surface area (Å²) in [5.74, 6) is 1.39. The molecule has 6 nitrogen and oxygen atoms in total. The Kier molecular flexibility index (Phi) is 7.43. The summed E-state index contributed by atoms with van der Waals surface area (Å²) in [6, 6.07) is 11.4. The van der Waals surface area contributed by atoms with E-state index in [-0.39, 0.29) is 6.42 Å². The number of carboxylic acid groups (broad SMARTS) is 1. The third kappa shape index (κ3) is 5.92. The van der Waals surface area contributed by atoms with Crippen molar-refractivity contribution >= 4 is 17.3 Å². The third-order valence-corrected chi connectivity index (χ3v) is 5.29. The summed E-state index contributed by atoms with van der Waals surface area (Å²) >= 11 is 1.61. The molecule has 1 atom stereocenters. The Morgan fingerprint density at radius 1 is 1.28 bits per heavy atom. The number of nitrogens with zero attached hydrogens (tertiary/aromatic N) is 1. The van der Waals surface area contributed by atoms with Crippen LogP contribution in [0.15, 0.2) is 46.2 Å². The largest absolute Gasteiger partial charge is 0.494 e. The van der Waals surface area contributed by atoms with Crippen LogP contribution in [0.2, 0.25) is 0 Å². The van der Waals surface area contributed by atoms with Crippen molar-refractivity contribution in [1.82, 2.24) is 4.98 Å². The summed E-state index contributed by atoms with van der Waals surface area (Å²) in [7, 11) is 0. The monoisotopic (exact) mass is 415 g/mol. The highest BCUT2D eigenvalue weighted by Crippen LogP contribution is 2.27. The van der Waals surface area contributed by atoms with Crippen molar-refractivity contribution in [2.75, 3.05) is 13.2 Å². The van der Waals surface area contributed by atoms with E-state index >= 15 is 0 Å². The molecule has 0 aliphatic rings. The quantitative estimate of drug-likeness (QED) is 0.429. The van der Waals surface area contributed by atoms with Crippen molar-refractivity contribution < 1.29 is 23.8 Å². The average Bonchev–Trinajstić information content (AvgIpc) is 3.35. The zero-order valence-corrected chi connectivity index (χ0v) is 17.4. The van der Waals surface area contributed by atoms with Gasteiger partial charge < -0.3 is 19.0 Å². The maximum Gasteiger partial charge on any atom is 0.306 e. The van der Waals surface area contributed by atoms with E-state index in [2.05, 4.69) is 4.98 Å². The molecule has 3 rings (SSSR count). The van der Waals surface area contributed by atoms with Crippen LogP contribution < -0.4 is 4.74 Å². The lowest BCUT2D eigenvalue weighted by Crippen LogP contribution is -2.10. The van der Waals surface area contributed by atoms with Gasteiger partial charge in [-0.15, -0.1) is 11.3 Å². The molecule has 1 N–H and O–H groups in total. The lowest BCUT2D eigenvalue weighted by Gasteiger charge is -2.16. The highest BCUT2D eigenvalue weighted by molar-refractivity contribution is 7.13. The zero-order valence-electron chi connectivity index (χ0n) is 16.6. The number of benzene rings is 1. The van der Waals surface area contributed by atoms with Gasteiger partial charge in [0.2, 0.25) is 5.89 Å². The van der Waals surface area contributed by atoms with Gasteiger partial charge in [0, 0.05) is 6.61 Å². The van der Waals surface area contributed by atoms with Crippen molar-refractivity contribution in [2.24, 2.45) is 0 Å². The number of aliphatic carboxylic acids is 1. The number of hydrogen-bond donors (Lipinski definition) is 1. The standard InChI is InChI=1S/C22H25NO5S/c1-3-26-19(14-21(24)25)16-8-10-17(11-9-16)27-12-4-6-18-15(2)28-22(23-18)20-7-5-13-29-20/h5,7-11,13,19H,3-4,6,12,14H2,1-2H3,(H,24,25). The van der Waals surface area contributed by atoms with Gasteiger partial charge in [-0.05, 0) is 55.8 Å². The number of rotatable bonds is 11. The van der Waals surface area contributed by atoms with Gasteiger partial charge in [0.15, 0.2) is 0 Å². The first kappa shape index (κ1) is 21.1. The Labute approximate surface area is 174 Å². The molecule has 1 unspecified atom stereocenters. The Morgan fingerprint density at radius 3 is 2.72 bits per heavy atom. The van der Waals surface area contributed by atoms with Gasteiger partial charge in [-0.25, -0.2) is 4.98 Å². The molecule has 0 fully saturated rings. The molecule has 0 aliphatic heterocycles. The first-order valence-corrected chi connectivity index (χ1v) is 10.5. The van der Waals surface area contributed by atoms with E-state index in [9.17, 15) is 4.79 Å². The Bertz CT molecular complexity index is 902. The van der Waals surface area contributed by atoms with Crippen molar-refractivity contribution in [1.29, 1.82) is 0 Å². The number of aromatic nitrogens is 1. The number of aryl methyl sites for hydroxylation is 2. The van der Waals surface area contributed by atoms with Gasteiger partial charge in [-0.2, -0.15) is 0 Å². The van der Waals surface area contributed by atoms with E-state index < -0.39 is 12.1 Å². The smallest absolute Gasteiger partial charge is 0.306 e. The average molecular weight is 416 g/mol. The van der Waals surface area contributed by atoms with E-state index in [1.165, 1.54) is 0 Å². The molecule has 0 radical (unpaired) electrons. The molecular weight excluding hydrogens is 390 g/mol. The van der Waals surface area contributed by atoms with E-state index in [4.69, 9.17) is 19.0 Å². The second kappa shape index (κ2) is 10.2. The summed E-state index contributed by atoms with van der Waals surface area (Å²) in [6.07, 6.45) is 1.10. The Morgan fingerprint density at radius 2 is 2.07 bits per heavy atom. The summed E-state index contributed by atoms with van der Waals surface area (Å²) < 4.78 is 17.1. The molecular formula is C22H25NO5S. The van der Waals surface area contributed by atoms with E-state index in [1.54, 1.807) is 11.3 Å². The minimum Gasteiger partial charge on any atom is -0.494 e. The first-order valence-electron chi connectivity index (χ1n) is 9.63. The van der Waals surface area contributed by atoms with Crippen molar-refractivity contribution in [3.63, 3.8) is 0 Å². The highest BCUT2D eigenvalue weighted by atomic mass is 32.1. The Hall–Kier alpha value is -2.64. The SMILES string of the molecule is CCOC(CC(=O)O)c1ccc(OCCCc2nc(-c3cccs3)oc2C)cc1. The summed E-state index contributed by atoms with van der Waals surface area (Å²) in [6.45, 7) is 4.81. The van der Waals surface area contributed by atoms with Crippen LogP contribution in [0.1, 0.15) is 42.9 Å². The number of oxazole rings is 1. The van der Waals surface area contributed by atoms with E-state index in [0.29, 0.717) is 19.1 Å². The van der Waals surface area contributed by atoms with Crippen molar-refractivity contribution in [3.05, 3.63) is 58.8 Å². The van der Waals surface area contributed by atoms with Crippen LogP contribution in [-0.2, 0) is 16.0 Å². The number of carbonyl (C=O) groups is 1. The molecule has 29 heavy (non-hydrogen) atoms. The van der Waals surface area contributed by atoms with E-state index in [1.807, 2.05) is 55.6 Å². The second-order valence-electron chi connectivity index (χ2n) is 6.56. The molecule has 154 valence electrons. The molecule has 2 aromatic heterocycles. The third-order valence-electron chi connectivity index (χ3n) is 4.43. The molecule has 0 amide bonds. The van der Waals surface area contributed by atoms with Crippen molar-refractivity contribution in [2.45, 2.75) is 39.2 Å². The molecule has 0 aliphatic carbocycles. The van der Waals surface area contributed by atoms with Crippen LogP contribution in [0.25, 0.3) is 10.8 Å². The molecule has 0 spiro atoms. The topological polar surface area (TPSA) is 81.8 Å². The van der Waals surface area contributed by atoms with Crippen LogP contribution >= 0.6 is 11.3 Å². The van der Waals surface area contributed by atoms with Gasteiger partial charge >= 0.3 is 5.97 Å². The zero-order chi connectivity index (χ0) is 20.6. The molecule has 7 heteroatoms. The molecule has 1 aromatic carbocycles. The first-order chi connectivity index (χ1) is 14.1. The summed E-state index contributed by atoms with van der Waals surface area (Å²) in [4.78, 5) is 16.6. The normalized spacial score (nSPS) is 12.1.